The quantitative estimate of drug-likeness (QED) is 0.561. The molecule has 1 N–H and O–H groups in total. The lowest BCUT2D eigenvalue weighted by Crippen LogP contribution is -2.20. The Morgan fingerprint density at radius 1 is 1.41 bits per heavy atom. The maximum absolute atomic E-state index is 12.4. The van der Waals surface area contributed by atoms with Crippen LogP contribution in [0.3, 0.4) is 0 Å². The lowest BCUT2D eigenvalue weighted by atomic mass is 10.3. The normalized spacial score (nSPS) is 11.4. The molecule has 0 aliphatic heterocycles. The number of hydrogen-bond donors (Lipinski definition) is 1. The largest absolute Gasteiger partial charge is 0.294 e. The number of aryl methyl sites for hydroxylation is 2. The van der Waals surface area contributed by atoms with E-state index in [9.17, 15) is 4.79 Å². The Bertz CT molecular complexity index is 881. The molecule has 0 aromatic carbocycles. The summed E-state index contributed by atoms with van der Waals surface area (Å²) in [5.74, 6) is -0.284. The molecule has 0 unspecified atom stereocenters. The molecule has 0 fully saturated rings. The number of carbonyl (C=O) groups excluding carboxylic acids is 1. The number of nitrogens with one attached hydrogen (secondary N) is 1. The first-order valence-electron chi connectivity index (χ1n) is 6.58. The number of imidazole rings is 1. The first kappa shape index (κ1) is 14.9. The average molecular weight is 377 g/mol. The van der Waals surface area contributed by atoms with Crippen molar-refractivity contribution >= 4 is 45.0 Å². The second-order valence-corrected chi connectivity index (χ2v) is 6.65. The van der Waals surface area contributed by atoms with E-state index in [1.54, 1.807) is 22.0 Å². The van der Waals surface area contributed by atoms with Gasteiger partial charge in [-0.15, -0.1) is 11.3 Å². The summed E-state index contributed by atoms with van der Waals surface area (Å²) in [6.45, 7) is 3.81. The number of fused-ring (bicyclic) bond motifs is 1. The van der Waals surface area contributed by atoms with Gasteiger partial charge in [0.25, 0.3) is 5.91 Å². The molecule has 0 aliphatic rings. The SMILES string of the molecule is Cc1ccsc1/C=N/NC(=O)c1c(C)nc2ccc(Br)cn12. The van der Waals surface area contributed by atoms with Crippen molar-refractivity contribution in [1.29, 1.82) is 0 Å². The molecule has 0 radical (unpaired) electrons. The predicted octanol–water partition coefficient (Wildman–Crippen LogP) is 3.54. The van der Waals surface area contributed by atoms with Gasteiger partial charge in [0.1, 0.15) is 11.3 Å². The highest BCUT2D eigenvalue weighted by Gasteiger charge is 2.16. The fourth-order valence-corrected chi connectivity index (χ4v) is 3.25. The minimum atomic E-state index is -0.284. The summed E-state index contributed by atoms with van der Waals surface area (Å²) in [4.78, 5) is 17.8. The van der Waals surface area contributed by atoms with Crippen LogP contribution in [0.4, 0.5) is 0 Å². The lowest BCUT2D eigenvalue weighted by molar-refractivity contribution is 0.0948. The summed E-state index contributed by atoms with van der Waals surface area (Å²) < 4.78 is 2.63. The molecular formula is C15H13BrN4OS. The first-order chi connectivity index (χ1) is 10.6. The van der Waals surface area contributed by atoms with Crippen LogP contribution in [0, 0.1) is 13.8 Å². The standard InChI is InChI=1S/C15H13BrN4OS/c1-9-5-6-22-12(9)7-17-19-15(21)14-10(2)18-13-4-3-11(16)8-20(13)14/h3-8H,1-2H3,(H,19,21)/b17-7+. The Hall–Kier alpha value is -1.99. The summed E-state index contributed by atoms with van der Waals surface area (Å²) in [6, 6.07) is 5.76. The molecule has 0 spiro atoms. The number of halogens is 1. The van der Waals surface area contributed by atoms with Crippen LogP contribution in [0.5, 0.6) is 0 Å². The molecule has 7 heteroatoms. The zero-order valence-electron chi connectivity index (χ0n) is 12.0. The molecule has 3 rings (SSSR count). The van der Waals surface area contributed by atoms with Crippen molar-refractivity contribution < 1.29 is 4.79 Å². The van der Waals surface area contributed by atoms with Gasteiger partial charge >= 0.3 is 0 Å². The number of pyridine rings is 1. The van der Waals surface area contributed by atoms with E-state index in [0.717, 1.165) is 20.6 Å². The van der Waals surface area contributed by atoms with Crippen LogP contribution in [0.25, 0.3) is 5.65 Å². The van der Waals surface area contributed by atoms with Gasteiger partial charge in [0.15, 0.2) is 0 Å². The minimum absolute atomic E-state index is 0.284. The Balaban J connectivity index is 1.86. The Morgan fingerprint density at radius 2 is 2.23 bits per heavy atom. The van der Waals surface area contributed by atoms with Crippen molar-refractivity contribution in [2.45, 2.75) is 13.8 Å². The molecular weight excluding hydrogens is 364 g/mol. The Labute approximate surface area is 139 Å². The topological polar surface area (TPSA) is 58.8 Å². The van der Waals surface area contributed by atoms with Crippen LogP contribution in [0.15, 0.2) is 39.4 Å². The van der Waals surface area contributed by atoms with E-state index in [2.05, 4.69) is 31.4 Å². The van der Waals surface area contributed by atoms with E-state index in [0.29, 0.717) is 11.4 Å². The van der Waals surface area contributed by atoms with E-state index in [1.807, 2.05) is 43.6 Å². The third-order valence-electron chi connectivity index (χ3n) is 3.22. The number of amides is 1. The van der Waals surface area contributed by atoms with Gasteiger partial charge in [-0.05, 0) is 58.9 Å². The average Bonchev–Trinajstić information content (AvgIpc) is 3.01. The number of thiophene rings is 1. The van der Waals surface area contributed by atoms with Crippen molar-refractivity contribution in [1.82, 2.24) is 14.8 Å². The van der Waals surface area contributed by atoms with Crippen LogP contribution in [-0.2, 0) is 0 Å². The van der Waals surface area contributed by atoms with E-state index in [4.69, 9.17) is 0 Å². The molecule has 22 heavy (non-hydrogen) atoms. The fraction of sp³-hybridized carbons (Fsp3) is 0.133. The van der Waals surface area contributed by atoms with E-state index < -0.39 is 0 Å². The van der Waals surface area contributed by atoms with Gasteiger partial charge in [0.2, 0.25) is 0 Å². The van der Waals surface area contributed by atoms with Gasteiger partial charge in [0.05, 0.1) is 11.9 Å². The van der Waals surface area contributed by atoms with Gasteiger partial charge in [-0.25, -0.2) is 10.4 Å². The second-order valence-electron chi connectivity index (χ2n) is 4.79. The summed E-state index contributed by atoms with van der Waals surface area (Å²) in [5, 5.41) is 6.02. The number of rotatable bonds is 3. The summed E-state index contributed by atoms with van der Waals surface area (Å²) in [7, 11) is 0. The molecule has 3 heterocycles. The maximum atomic E-state index is 12.4. The van der Waals surface area contributed by atoms with Crippen LogP contribution in [-0.4, -0.2) is 21.5 Å². The summed E-state index contributed by atoms with van der Waals surface area (Å²) in [5.41, 5.74) is 5.57. The highest BCUT2D eigenvalue weighted by molar-refractivity contribution is 9.10. The van der Waals surface area contributed by atoms with Gasteiger partial charge in [0, 0.05) is 15.5 Å². The molecule has 5 nitrogen and oxygen atoms in total. The third kappa shape index (κ3) is 2.82. The smallest absolute Gasteiger partial charge is 0.290 e. The zero-order chi connectivity index (χ0) is 15.7. The highest BCUT2D eigenvalue weighted by Crippen LogP contribution is 2.17. The lowest BCUT2D eigenvalue weighted by Gasteiger charge is -2.02. The maximum Gasteiger partial charge on any atom is 0.290 e. The van der Waals surface area contributed by atoms with E-state index in [1.165, 1.54) is 0 Å². The van der Waals surface area contributed by atoms with Crippen molar-refractivity contribution in [3.63, 3.8) is 0 Å². The molecule has 0 bridgehead atoms. The zero-order valence-corrected chi connectivity index (χ0v) is 14.4. The third-order valence-corrected chi connectivity index (χ3v) is 4.64. The predicted molar refractivity (Wildman–Crippen MR) is 91.7 cm³/mol. The van der Waals surface area contributed by atoms with Crippen LogP contribution in [0.2, 0.25) is 0 Å². The van der Waals surface area contributed by atoms with Gasteiger partial charge in [-0.1, -0.05) is 0 Å². The summed E-state index contributed by atoms with van der Waals surface area (Å²) in [6.07, 6.45) is 3.48. The monoisotopic (exact) mass is 376 g/mol. The molecule has 0 saturated heterocycles. The number of nitrogens with zero attached hydrogens (tertiary/aromatic N) is 3. The first-order valence-corrected chi connectivity index (χ1v) is 8.25. The van der Waals surface area contributed by atoms with E-state index in [-0.39, 0.29) is 5.91 Å². The van der Waals surface area contributed by atoms with Gasteiger partial charge < -0.3 is 0 Å². The highest BCUT2D eigenvalue weighted by atomic mass is 79.9. The van der Waals surface area contributed by atoms with Gasteiger partial charge in [-0.3, -0.25) is 9.20 Å². The molecule has 1 amide bonds. The second kappa shape index (κ2) is 6.02. The number of aromatic nitrogens is 2. The Kier molecular flexibility index (Phi) is 4.08. The van der Waals surface area contributed by atoms with Crippen molar-refractivity contribution in [2.75, 3.05) is 0 Å². The number of hydrazone groups is 1. The van der Waals surface area contributed by atoms with Gasteiger partial charge in [-0.2, -0.15) is 5.10 Å². The van der Waals surface area contributed by atoms with E-state index >= 15 is 0 Å². The number of hydrogen-bond acceptors (Lipinski definition) is 4. The minimum Gasteiger partial charge on any atom is -0.294 e. The molecule has 112 valence electrons. The van der Waals surface area contributed by atoms with Crippen molar-refractivity contribution in [2.24, 2.45) is 5.10 Å². The molecule has 0 atom stereocenters. The van der Waals surface area contributed by atoms with Crippen molar-refractivity contribution in [3.05, 3.63) is 56.1 Å². The number of carbonyl (C=O) groups is 1. The molecule has 0 saturated carbocycles. The van der Waals surface area contributed by atoms with Crippen molar-refractivity contribution in [3.8, 4) is 0 Å². The molecule has 3 aromatic rings. The Morgan fingerprint density at radius 3 is 2.95 bits per heavy atom. The van der Waals surface area contributed by atoms with Crippen LogP contribution < -0.4 is 5.43 Å². The molecule has 0 aliphatic carbocycles. The summed E-state index contributed by atoms with van der Waals surface area (Å²) >= 11 is 4.99. The molecule has 3 aromatic heterocycles. The van der Waals surface area contributed by atoms with Crippen LogP contribution >= 0.6 is 27.3 Å². The van der Waals surface area contributed by atoms with Crippen LogP contribution in [0.1, 0.15) is 26.6 Å². The fourth-order valence-electron chi connectivity index (χ4n) is 2.13.